The van der Waals surface area contributed by atoms with Crippen LogP contribution >= 0.6 is 0 Å². The minimum absolute atomic E-state index is 0.318. The average Bonchev–Trinajstić information content (AvgIpc) is 3.16. The normalized spacial score (nSPS) is 17.7. The zero-order chi connectivity index (χ0) is 20.2. The van der Waals surface area contributed by atoms with E-state index in [2.05, 4.69) is 49.4 Å². The van der Waals surface area contributed by atoms with Gasteiger partial charge in [0.1, 0.15) is 0 Å². The Morgan fingerprint density at radius 1 is 1.25 bits per heavy atom. The highest BCUT2D eigenvalue weighted by Gasteiger charge is 2.33. The van der Waals surface area contributed by atoms with Crippen LogP contribution in [0, 0.1) is 11.3 Å². The van der Waals surface area contributed by atoms with E-state index in [1.165, 1.54) is 31.2 Å². The fourth-order valence-electron chi connectivity index (χ4n) is 4.17. The largest absolute Gasteiger partial charge is 0.382 e. The Hall–Kier alpha value is -1.62. The Bertz CT molecular complexity index is 567. The van der Waals surface area contributed by atoms with Gasteiger partial charge in [-0.25, -0.2) is 0 Å². The van der Waals surface area contributed by atoms with Gasteiger partial charge in [-0.1, -0.05) is 32.8 Å². The summed E-state index contributed by atoms with van der Waals surface area (Å²) in [5.41, 5.74) is 1.60. The van der Waals surface area contributed by atoms with Crippen molar-refractivity contribution in [1.82, 2.24) is 15.6 Å². The Labute approximate surface area is 171 Å². The monoisotopic (exact) mass is 388 g/mol. The molecule has 28 heavy (non-hydrogen) atoms. The molecular formula is C23H40N4O. The predicted octanol–water partition coefficient (Wildman–Crippen LogP) is 4.36. The highest BCUT2D eigenvalue weighted by Crippen LogP contribution is 2.41. The van der Waals surface area contributed by atoms with Gasteiger partial charge in [0.25, 0.3) is 0 Å². The van der Waals surface area contributed by atoms with Crippen molar-refractivity contribution in [2.75, 3.05) is 32.8 Å². The molecular weight excluding hydrogens is 348 g/mol. The molecule has 1 aromatic rings. The summed E-state index contributed by atoms with van der Waals surface area (Å²) in [6, 6.07) is 4.19. The summed E-state index contributed by atoms with van der Waals surface area (Å²) in [4.78, 5) is 9.29. The summed E-state index contributed by atoms with van der Waals surface area (Å²) in [5.74, 6) is 1.88. The van der Waals surface area contributed by atoms with E-state index >= 15 is 0 Å². The number of rotatable bonds is 11. The lowest BCUT2D eigenvalue weighted by Gasteiger charge is -2.28. The Morgan fingerprint density at radius 3 is 2.64 bits per heavy atom. The van der Waals surface area contributed by atoms with E-state index < -0.39 is 0 Å². The number of nitrogens with zero attached hydrogens (tertiary/aromatic N) is 2. The van der Waals surface area contributed by atoms with Crippen LogP contribution in [0.2, 0.25) is 0 Å². The molecule has 158 valence electrons. The average molecular weight is 389 g/mol. The second kappa shape index (κ2) is 12.1. The number of pyridine rings is 1. The quantitative estimate of drug-likeness (QED) is 0.336. The van der Waals surface area contributed by atoms with E-state index in [4.69, 9.17) is 9.73 Å². The van der Waals surface area contributed by atoms with Crippen molar-refractivity contribution in [3.63, 3.8) is 0 Å². The maximum Gasteiger partial charge on any atom is 0.191 e. The van der Waals surface area contributed by atoms with Crippen LogP contribution in [0.1, 0.15) is 71.3 Å². The summed E-state index contributed by atoms with van der Waals surface area (Å²) >= 11 is 0. The molecule has 1 aromatic heterocycles. The fourth-order valence-corrected chi connectivity index (χ4v) is 4.17. The summed E-state index contributed by atoms with van der Waals surface area (Å²) < 4.78 is 5.64. The molecule has 5 nitrogen and oxygen atoms in total. The topological polar surface area (TPSA) is 58.5 Å². The van der Waals surface area contributed by atoms with Gasteiger partial charge in [-0.05, 0) is 56.1 Å². The van der Waals surface area contributed by atoms with Gasteiger partial charge in [-0.15, -0.1) is 0 Å². The van der Waals surface area contributed by atoms with Crippen LogP contribution in [0.5, 0.6) is 0 Å². The zero-order valence-electron chi connectivity index (χ0n) is 18.3. The number of nitrogens with one attached hydrogen (secondary N) is 2. The Morgan fingerprint density at radius 2 is 2.04 bits per heavy atom. The van der Waals surface area contributed by atoms with E-state index in [1.54, 1.807) is 0 Å². The van der Waals surface area contributed by atoms with Crippen molar-refractivity contribution in [2.45, 2.75) is 65.7 Å². The molecule has 0 aliphatic heterocycles. The van der Waals surface area contributed by atoms with Gasteiger partial charge in [0, 0.05) is 51.2 Å². The van der Waals surface area contributed by atoms with Crippen LogP contribution in [-0.4, -0.2) is 43.8 Å². The first-order valence-electron chi connectivity index (χ1n) is 11.1. The lowest BCUT2D eigenvalue weighted by molar-refractivity contribution is 0.107. The van der Waals surface area contributed by atoms with Gasteiger partial charge in [0.2, 0.25) is 0 Å². The van der Waals surface area contributed by atoms with Crippen LogP contribution < -0.4 is 10.6 Å². The minimum atomic E-state index is 0.318. The third-order valence-electron chi connectivity index (χ3n) is 5.97. The standard InChI is InChI=1S/C23H40N4O/c1-5-25-22(26-17-21(19(3)4)20-10-9-14-24-16-20)27-18-23(11-7-8-12-23)13-15-28-6-2/h9-10,14,16,19,21H,5-8,11-13,15,17-18H2,1-4H3,(H2,25,26,27). The SMILES string of the molecule is CCNC(=NCC1(CCOCC)CCCC1)NCC(c1cccnc1)C(C)C. The molecule has 1 aliphatic carbocycles. The molecule has 2 N–H and O–H groups in total. The predicted molar refractivity (Wildman–Crippen MR) is 118 cm³/mol. The molecule has 1 unspecified atom stereocenters. The number of ether oxygens (including phenoxy) is 1. The van der Waals surface area contributed by atoms with Crippen molar-refractivity contribution in [3.05, 3.63) is 30.1 Å². The smallest absolute Gasteiger partial charge is 0.191 e. The fraction of sp³-hybridized carbons (Fsp3) is 0.739. The molecule has 0 aromatic carbocycles. The van der Waals surface area contributed by atoms with E-state index in [1.807, 2.05) is 18.5 Å². The molecule has 1 aliphatic rings. The molecule has 0 saturated heterocycles. The van der Waals surface area contributed by atoms with Gasteiger partial charge >= 0.3 is 0 Å². The van der Waals surface area contributed by atoms with E-state index in [9.17, 15) is 0 Å². The van der Waals surface area contributed by atoms with Gasteiger partial charge in [0.15, 0.2) is 5.96 Å². The Kier molecular flexibility index (Phi) is 9.76. The first-order valence-corrected chi connectivity index (χ1v) is 11.1. The van der Waals surface area contributed by atoms with E-state index in [0.717, 1.165) is 45.2 Å². The first kappa shape index (κ1) is 22.7. The van der Waals surface area contributed by atoms with Crippen LogP contribution in [0.25, 0.3) is 0 Å². The van der Waals surface area contributed by atoms with Crippen molar-refractivity contribution in [2.24, 2.45) is 16.3 Å². The van der Waals surface area contributed by atoms with Crippen LogP contribution in [-0.2, 0) is 4.74 Å². The van der Waals surface area contributed by atoms with Crippen molar-refractivity contribution < 1.29 is 4.74 Å². The van der Waals surface area contributed by atoms with Crippen LogP contribution in [0.15, 0.2) is 29.5 Å². The molecule has 1 saturated carbocycles. The number of guanidine groups is 1. The van der Waals surface area contributed by atoms with Crippen molar-refractivity contribution in [3.8, 4) is 0 Å². The van der Waals surface area contributed by atoms with Crippen LogP contribution in [0.3, 0.4) is 0 Å². The minimum Gasteiger partial charge on any atom is -0.382 e. The molecule has 1 atom stereocenters. The second-order valence-electron chi connectivity index (χ2n) is 8.37. The number of hydrogen-bond donors (Lipinski definition) is 2. The molecule has 0 bridgehead atoms. The third kappa shape index (κ3) is 7.08. The Balaban J connectivity index is 2.00. The second-order valence-corrected chi connectivity index (χ2v) is 8.37. The molecule has 0 radical (unpaired) electrons. The van der Waals surface area contributed by atoms with Gasteiger partial charge in [0.05, 0.1) is 0 Å². The molecule has 2 rings (SSSR count). The lowest BCUT2D eigenvalue weighted by Crippen LogP contribution is -2.41. The van der Waals surface area contributed by atoms with Gasteiger partial charge < -0.3 is 15.4 Å². The molecule has 5 heteroatoms. The maximum atomic E-state index is 5.64. The van der Waals surface area contributed by atoms with E-state index in [-0.39, 0.29) is 0 Å². The summed E-state index contributed by atoms with van der Waals surface area (Å²) in [7, 11) is 0. The highest BCUT2D eigenvalue weighted by atomic mass is 16.5. The van der Waals surface area contributed by atoms with Gasteiger partial charge in [-0.2, -0.15) is 0 Å². The number of aromatic nitrogens is 1. The summed E-state index contributed by atoms with van der Waals surface area (Å²) in [6.45, 7) is 13.0. The van der Waals surface area contributed by atoms with E-state index in [0.29, 0.717) is 17.3 Å². The zero-order valence-corrected chi connectivity index (χ0v) is 18.3. The maximum absolute atomic E-state index is 5.64. The van der Waals surface area contributed by atoms with Gasteiger partial charge in [-0.3, -0.25) is 9.98 Å². The third-order valence-corrected chi connectivity index (χ3v) is 5.97. The first-order chi connectivity index (χ1) is 13.6. The summed E-state index contributed by atoms with van der Waals surface area (Å²) in [6.07, 6.45) is 10.1. The summed E-state index contributed by atoms with van der Waals surface area (Å²) in [5, 5.41) is 7.02. The number of hydrogen-bond acceptors (Lipinski definition) is 3. The lowest BCUT2D eigenvalue weighted by atomic mass is 9.83. The molecule has 0 amide bonds. The van der Waals surface area contributed by atoms with Crippen LogP contribution in [0.4, 0.5) is 0 Å². The molecule has 1 fully saturated rings. The molecule has 1 heterocycles. The highest BCUT2D eigenvalue weighted by molar-refractivity contribution is 5.79. The van der Waals surface area contributed by atoms with Crippen molar-refractivity contribution in [1.29, 1.82) is 0 Å². The number of aliphatic imine (C=N–C) groups is 1. The van der Waals surface area contributed by atoms with Crippen molar-refractivity contribution >= 4 is 5.96 Å². The molecule has 0 spiro atoms.